The molecule has 0 spiro atoms. The maximum Gasteiger partial charge on any atom is 0.159 e. The van der Waals surface area contributed by atoms with Gasteiger partial charge in [0.1, 0.15) is 0 Å². The summed E-state index contributed by atoms with van der Waals surface area (Å²) in [7, 11) is -1.99. The Hall–Kier alpha value is -1.94. The number of carbonyl (C=O) groups excluding carboxylic acids is 1. The van der Waals surface area contributed by atoms with Crippen molar-refractivity contribution in [2.75, 3.05) is 6.26 Å². The number of hydrogen-bond acceptors (Lipinski definition) is 3. The van der Waals surface area contributed by atoms with Crippen molar-refractivity contribution in [3.63, 3.8) is 0 Å². The molecule has 0 radical (unpaired) electrons. The molecule has 0 fully saturated rings. The first-order chi connectivity index (χ1) is 8.99. The highest BCUT2D eigenvalue weighted by molar-refractivity contribution is 7.94. The quantitative estimate of drug-likeness (QED) is 0.832. The minimum Gasteiger partial charge on any atom is -0.295 e. The number of hydrogen-bond donors (Lipinski definition) is 1. The largest absolute Gasteiger partial charge is 0.295 e. The summed E-state index contributed by atoms with van der Waals surface area (Å²) < 4.78 is 12.9. The van der Waals surface area contributed by atoms with Crippen molar-refractivity contribution in [1.29, 1.82) is 4.78 Å². The maximum atomic E-state index is 11.4. The number of carbonyl (C=O) groups is 1. The molecule has 0 amide bonds. The predicted molar refractivity (Wildman–Crippen MR) is 79.3 cm³/mol. The lowest BCUT2D eigenvalue weighted by molar-refractivity contribution is 0.101. The number of nitrogens with zero attached hydrogens (tertiary/aromatic N) is 1. The molecule has 98 valence electrons. The second-order valence-electron chi connectivity index (χ2n) is 4.39. The zero-order valence-electron chi connectivity index (χ0n) is 11.0. The Labute approximate surface area is 113 Å². The van der Waals surface area contributed by atoms with E-state index in [1.165, 1.54) is 6.92 Å². The van der Waals surface area contributed by atoms with Gasteiger partial charge in [-0.15, -0.1) is 0 Å². The van der Waals surface area contributed by atoms with E-state index in [1.54, 1.807) is 18.2 Å². The molecule has 1 N–H and O–H groups in total. The predicted octanol–water partition coefficient (Wildman–Crippen LogP) is 4.31. The van der Waals surface area contributed by atoms with Crippen molar-refractivity contribution < 1.29 is 4.79 Å². The summed E-state index contributed by atoms with van der Waals surface area (Å²) in [5.41, 5.74) is 1.31. The zero-order valence-corrected chi connectivity index (χ0v) is 11.8. The third-order valence-electron chi connectivity index (χ3n) is 2.74. The van der Waals surface area contributed by atoms with Crippen LogP contribution in [0.15, 0.2) is 63.9 Å². The zero-order chi connectivity index (χ0) is 13.9. The average molecular weight is 272 g/mol. The number of ketones is 1. The van der Waals surface area contributed by atoms with Gasteiger partial charge in [0.2, 0.25) is 0 Å². The molecular formula is C15H16N2OS. The molecule has 0 heterocycles. The number of rotatable bonds is 3. The van der Waals surface area contributed by atoms with E-state index in [4.69, 9.17) is 4.78 Å². The Balaban J connectivity index is 2.49. The second-order valence-corrected chi connectivity index (χ2v) is 6.79. The van der Waals surface area contributed by atoms with Crippen LogP contribution in [0.1, 0.15) is 17.3 Å². The first kappa shape index (κ1) is 13.5. The Kier molecular flexibility index (Phi) is 3.81. The highest BCUT2D eigenvalue weighted by atomic mass is 32.2. The molecule has 0 bridgehead atoms. The summed E-state index contributed by atoms with van der Waals surface area (Å²) in [6.07, 6.45) is 1.82. The number of Topliss-reactive ketones (excluding diaryl/α,β-unsaturated/α-hetero) is 1. The molecule has 0 saturated carbocycles. The Bertz CT molecular complexity index is 714. The fraction of sp³-hybridized carbons (Fsp3) is 0.133. The van der Waals surface area contributed by atoms with Crippen molar-refractivity contribution in [2.45, 2.75) is 11.8 Å². The first-order valence-corrected chi connectivity index (χ1v) is 7.91. The van der Waals surface area contributed by atoms with Gasteiger partial charge < -0.3 is 0 Å². The van der Waals surface area contributed by atoms with E-state index in [-0.39, 0.29) is 5.78 Å². The topological polar surface area (TPSA) is 53.3 Å². The van der Waals surface area contributed by atoms with E-state index in [2.05, 4.69) is 4.36 Å². The van der Waals surface area contributed by atoms with E-state index < -0.39 is 9.62 Å². The smallest absolute Gasteiger partial charge is 0.159 e. The van der Waals surface area contributed by atoms with E-state index in [0.29, 0.717) is 11.3 Å². The van der Waals surface area contributed by atoms with Crippen LogP contribution < -0.4 is 0 Å². The van der Waals surface area contributed by atoms with Gasteiger partial charge in [0.25, 0.3) is 0 Å². The fourth-order valence-corrected chi connectivity index (χ4v) is 3.06. The van der Waals surface area contributed by atoms with Crippen molar-refractivity contribution in [3.8, 4) is 0 Å². The minimum atomic E-state index is -1.99. The molecule has 0 saturated heterocycles. The molecule has 1 atom stereocenters. The fourth-order valence-electron chi connectivity index (χ4n) is 1.73. The lowest BCUT2D eigenvalue weighted by Gasteiger charge is -2.08. The molecule has 4 heteroatoms. The van der Waals surface area contributed by atoms with Crippen LogP contribution in [0, 0.1) is 4.78 Å². The Morgan fingerprint density at radius 2 is 1.79 bits per heavy atom. The van der Waals surface area contributed by atoms with Gasteiger partial charge in [0, 0.05) is 16.7 Å². The summed E-state index contributed by atoms with van der Waals surface area (Å²) in [5.74, 6) is 0.0124. The number of benzene rings is 2. The molecule has 2 aromatic carbocycles. The summed E-state index contributed by atoms with van der Waals surface area (Å²) >= 11 is 0. The van der Waals surface area contributed by atoms with Crippen molar-refractivity contribution >= 4 is 21.1 Å². The molecule has 0 aliphatic rings. The first-order valence-electron chi connectivity index (χ1n) is 5.91. The number of nitrogens with one attached hydrogen (secondary N) is 1. The van der Waals surface area contributed by atoms with Crippen LogP contribution >= 0.6 is 0 Å². The van der Waals surface area contributed by atoms with Crippen LogP contribution in [-0.4, -0.2) is 12.0 Å². The van der Waals surface area contributed by atoms with E-state index >= 15 is 0 Å². The molecule has 2 rings (SSSR count). The molecule has 0 aliphatic heterocycles. The van der Waals surface area contributed by atoms with Gasteiger partial charge in [0.05, 0.1) is 5.69 Å². The second kappa shape index (κ2) is 5.36. The molecule has 0 aromatic heterocycles. The Morgan fingerprint density at radius 1 is 1.11 bits per heavy atom. The summed E-state index contributed by atoms with van der Waals surface area (Å²) in [6.45, 7) is 1.53. The standard InChI is InChI=1S/C15H16N2OS/c1-12(18)13-7-6-8-14(11-13)17-19(2,16)15-9-4-3-5-10-15/h3-11,16H,1-2H3. The van der Waals surface area contributed by atoms with Gasteiger partial charge in [-0.1, -0.05) is 30.3 Å². The Morgan fingerprint density at radius 3 is 2.42 bits per heavy atom. The van der Waals surface area contributed by atoms with Gasteiger partial charge in [-0.05, 0) is 40.8 Å². The molecular weight excluding hydrogens is 256 g/mol. The van der Waals surface area contributed by atoms with Crippen LogP contribution in [0.4, 0.5) is 5.69 Å². The highest BCUT2D eigenvalue weighted by Crippen LogP contribution is 2.21. The van der Waals surface area contributed by atoms with E-state index in [9.17, 15) is 4.79 Å². The molecule has 2 aromatic rings. The van der Waals surface area contributed by atoms with Gasteiger partial charge in [-0.3, -0.25) is 9.57 Å². The van der Waals surface area contributed by atoms with Gasteiger partial charge in [-0.25, -0.2) is 4.36 Å². The lowest BCUT2D eigenvalue weighted by atomic mass is 10.1. The van der Waals surface area contributed by atoms with E-state index in [0.717, 1.165) is 4.90 Å². The van der Waals surface area contributed by atoms with Crippen LogP contribution in [-0.2, 0) is 9.62 Å². The monoisotopic (exact) mass is 272 g/mol. The van der Waals surface area contributed by atoms with Crippen molar-refractivity contribution in [3.05, 3.63) is 60.2 Å². The summed E-state index contributed by atoms with van der Waals surface area (Å²) in [6, 6.07) is 16.7. The van der Waals surface area contributed by atoms with Crippen LogP contribution in [0.2, 0.25) is 0 Å². The molecule has 3 nitrogen and oxygen atoms in total. The minimum absolute atomic E-state index is 0.0124. The maximum absolute atomic E-state index is 11.4. The molecule has 19 heavy (non-hydrogen) atoms. The van der Waals surface area contributed by atoms with Crippen LogP contribution in [0.25, 0.3) is 0 Å². The normalized spacial score (nSPS) is 13.6. The highest BCUT2D eigenvalue weighted by Gasteiger charge is 2.03. The summed E-state index contributed by atoms with van der Waals surface area (Å²) in [4.78, 5) is 12.3. The third-order valence-corrected chi connectivity index (χ3v) is 4.51. The lowest BCUT2D eigenvalue weighted by Crippen LogP contribution is -1.95. The van der Waals surface area contributed by atoms with Crippen LogP contribution in [0.5, 0.6) is 0 Å². The van der Waals surface area contributed by atoms with Crippen LogP contribution in [0.3, 0.4) is 0 Å². The van der Waals surface area contributed by atoms with Gasteiger partial charge in [-0.2, -0.15) is 0 Å². The van der Waals surface area contributed by atoms with Crippen molar-refractivity contribution in [1.82, 2.24) is 0 Å². The SMILES string of the molecule is CC(=O)c1cccc(N=S(C)(=N)c2ccccc2)c1. The third kappa shape index (κ3) is 3.29. The molecule has 1 unspecified atom stereocenters. The average Bonchev–Trinajstić information content (AvgIpc) is 2.39. The van der Waals surface area contributed by atoms with E-state index in [1.807, 2.05) is 42.7 Å². The molecule has 0 aliphatic carbocycles. The van der Waals surface area contributed by atoms with Crippen molar-refractivity contribution in [2.24, 2.45) is 4.36 Å². The summed E-state index contributed by atoms with van der Waals surface area (Å²) in [5, 5.41) is 0. The van der Waals surface area contributed by atoms with Gasteiger partial charge in [0.15, 0.2) is 5.78 Å². The van der Waals surface area contributed by atoms with Gasteiger partial charge >= 0.3 is 0 Å².